The first-order valence-corrected chi connectivity index (χ1v) is 7.39. The molecule has 1 aliphatic heterocycles. The van der Waals surface area contributed by atoms with Crippen LogP contribution in [-0.4, -0.2) is 46.0 Å². The summed E-state index contributed by atoms with van der Waals surface area (Å²) in [5, 5.41) is 29.5. The predicted molar refractivity (Wildman–Crippen MR) is 78.4 cm³/mol. The maximum Gasteiger partial charge on any atom is 0.115 e. The van der Waals surface area contributed by atoms with Crippen molar-refractivity contribution in [1.82, 2.24) is 4.90 Å². The molecule has 4 heteroatoms. The Morgan fingerprint density at radius 1 is 1.40 bits per heavy atom. The fourth-order valence-corrected chi connectivity index (χ4v) is 3.27. The van der Waals surface area contributed by atoms with E-state index in [1.807, 2.05) is 12.1 Å². The van der Waals surface area contributed by atoms with Crippen LogP contribution in [0.4, 0.5) is 0 Å². The van der Waals surface area contributed by atoms with Crippen LogP contribution in [0.1, 0.15) is 31.7 Å². The predicted octanol–water partition coefficient (Wildman–Crippen LogP) is 1.74. The molecule has 1 heterocycles. The zero-order chi connectivity index (χ0) is 14.6. The van der Waals surface area contributed by atoms with Gasteiger partial charge in [0.15, 0.2) is 0 Å². The molecule has 2 atom stereocenters. The molecule has 0 unspecified atom stereocenters. The number of nitrogens with zero attached hydrogens (tertiary/aromatic N) is 1. The van der Waals surface area contributed by atoms with Crippen LogP contribution in [0.3, 0.4) is 0 Å². The van der Waals surface area contributed by atoms with Gasteiger partial charge in [0.2, 0.25) is 0 Å². The van der Waals surface area contributed by atoms with Gasteiger partial charge in [-0.1, -0.05) is 25.5 Å². The highest BCUT2D eigenvalue weighted by Crippen LogP contribution is 2.35. The Bertz CT molecular complexity index is 437. The van der Waals surface area contributed by atoms with E-state index in [0.717, 1.165) is 31.5 Å². The molecule has 0 bridgehead atoms. The van der Waals surface area contributed by atoms with Gasteiger partial charge in [-0.2, -0.15) is 0 Å². The fourth-order valence-electron chi connectivity index (χ4n) is 3.27. The maximum absolute atomic E-state index is 10.3. The minimum absolute atomic E-state index is 0.0263. The molecule has 0 aliphatic carbocycles. The number of aromatic hydroxyl groups is 1. The SMILES string of the molecule is CCC[C@@]1(CO)CN(Cc2cccc(O)c2)CC[C@H]1O. The lowest BCUT2D eigenvalue weighted by Gasteiger charge is -2.45. The molecule has 0 aromatic heterocycles. The number of hydrogen-bond donors (Lipinski definition) is 3. The standard InChI is InChI=1S/C16H25NO3/c1-2-7-16(12-18)11-17(8-6-15(16)20)10-13-4-3-5-14(19)9-13/h3-5,9,15,18-20H,2,6-8,10-12H2,1H3/t15-,16+/m1/s1. The van der Waals surface area contributed by atoms with E-state index in [1.165, 1.54) is 0 Å². The summed E-state index contributed by atoms with van der Waals surface area (Å²) >= 11 is 0. The van der Waals surface area contributed by atoms with Gasteiger partial charge in [0.05, 0.1) is 12.7 Å². The lowest BCUT2D eigenvalue weighted by molar-refractivity contribution is -0.0819. The molecule has 0 radical (unpaired) electrons. The molecule has 0 spiro atoms. The van der Waals surface area contributed by atoms with E-state index in [-0.39, 0.29) is 12.4 Å². The quantitative estimate of drug-likeness (QED) is 0.768. The van der Waals surface area contributed by atoms with Crippen LogP contribution in [0, 0.1) is 5.41 Å². The first kappa shape index (κ1) is 15.3. The van der Waals surface area contributed by atoms with Crippen molar-refractivity contribution in [3.05, 3.63) is 29.8 Å². The summed E-state index contributed by atoms with van der Waals surface area (Å²) < 4.78 is 0. The fraction of sp³-hybridized carbons (Fsp3) is 0.625. The number of benzene rings is 1. The highest BCUT2D eigenvalue weighted by molar-refractivity contribution is 5.27. The van der Waals surface area contributed by atoms with Gasteiger partial charge >= 0.3 is 0 Å². The number of rotatable bonds is 5. The lowest BCUT2D eigenvalue weighted by Crippen LogP contribution is -2.53. The van der Waals surface area contributed by atoms with Crippen LogP contribution in [-0.2, 0) is 6.54 Å². The summed E-state index contributed by atoms with van der Waals surface area (Å²) in [4.78, 5) is 2.26. The summed E-state index contributed by atoms with van der Waals surface area (Å²) in [6, 6.07) is 7.27. The molecule has 0 amide bonds. The normalized spacial score (nSPS) is 27.6. The molecule has 1 aromatic rings. The van der Waals surface area contributed by atoms with Gasteiger partial charge in [-0.25, -0.2) is 0 Å². The Labute approximate surface area is 120 Å². The topological polar surface area (TPSA) is 63.9 Å². The second-order valence-corrected chi connectivity index (χ2v) is 5.96. The summed E-state index contributed by atoms with van der Waals surface area (Å²) in [6.45, 7) is 4.37. The first-order valence-electron chi connectivity index (χ1n) is 7.39. The summed E-state index contributed by atoms with van der Waals surface area (Å²) in [5.74, 6) is 0.279. The van der Waals surface area contributed by atoms with E-state index in [1.54, 1.807) is 12.1 Å². The van der Waals surface area contributed by atoms with Crippen molar-refractivity contribution < 1.29 is 15.3 Å². The van der Waals surface area contributed by atoms with Crippen molar-refractivity contribution in [3.8, 4) is 5.75 Å². The molecule has 3 N–H and O–H groups in total. The Morgan fingerprint density at radius 3 is 2.85 bits per heavy atom. The molecular formula is C16H25NO3. The largest absolute Gasteiger partial charge is 0.508 e. The molecule has 112 valence electrons. The van der Waals surface area contributed by atoms with Crippen molar-refractivity contribution >= 4 is 0 Å². The molecule has 1 aromatic carbocycles. The van der Waals surface area contributed by atoms with Crippen LogP contribution >= 0.6 is 0 Å². The zero-order valence-corrected chi connectivity index (χ0v) is 12.1. The van der Waals surface area contributed by atoms with Crippen molar-refractivity contribution in [2.24, 2.45) is 5.41 Å². The average Bonchev–Trinajstić information content (AvgIpc) is 2.43. The van der Waals surface area contributed by atoms with Gasteiger partial charge in [-0.3, -0.25) is 4.90 Å². The Hall–Kier alpha value is -1.10. The van der Waals surface area contributed by atoms with Gasteiger partial charge in [-0.15, -0.1) is 0 Å². The summed E-state index contributed by atoms with van der Waals surface area (Å²) in [7, 11) is 0. The van der Waals surface area contributed by atoms with E-state index in [2.05, 4.69) is 11.8 Å². The minimum atomic E-state index is -0.423. The molecule has 20 heavy (non-hydrogen) atoms. The maximum atomic E-state index is 10.3. The number of piperidine rings is 1. The molecule has 4 nitrogen and oxygen atoms in total. The average molecular weight is 279 g/mol. The van der Waals surface area contributed by atoms with Crippen molar-refractivity contribution in [3.63, 3.8) is 0 Å². The second kappa shape index (κ2) is 6.57. The molecule has 2 rings (SSSR count). The van der Waals surface area contributed by atoms with Crippen LogP contribution in [0.2, 0.25) is 0 Å². The monoisotopic (exact) mass is 279 g/mol. The molecule has 0 saturated carbocycles. The molecular weight excluding hydrogens is 254 g/mol. The summed E-state index contributed by atoms with van der Waals surface area (Å²) in [6.07, 6.45) is 2.06. The Morgan fingerprint density at radius 2 is 2.20 bits per heavy atom. The van der Waals surface area contributed by atoms with Gasteiger partial charge in [0.1, 0.15) is 5.75 Å². The van der Waals surface area contributed by atoms with Crippen LogP contribution in [0.5, 0.6) is 5.75 Å². The van der Waals surface area contributed by atoms with Gasteiger partial charge in [-0.05, 0) is 30.5 Å². The minimum Gasteiger partial charge on any atom is -0.508 e. The Balaban J connectivity index is 2.06. The van der Waals surface area contributed by atoms with E-state index in [4.69, 9.17) is 0 Å². The van der Waals surface area contributed by atoms with Crippen molar-refractivity contribution in [1.29, 1.82) is 0 Å². The van der Waals surface area contributed by atoms with Crippen LogP contribution in [0.15, 0.2) is 24.3 Å². The van der Waals surface area contributed by atoms with E-state index >= 15 is 0 Å². The van der Waals surface area contributed by atoms with E-state index in [9.17, 15) is 15.3 Å². The number of aliphatic hydroxyl groups is 2. The number of phenols is 1. The Kier molecular flexibility index (Phi) is 5.02. The van der Waals surface area contributed by atoms with Gasteiger partial charge in [0, 0.05) is 25.0 Å². The van der Waals surface area contributed by atoms with E-state index < -0.39 is 11.5 Å². The van der Waals surface area contributed by atoms with E-state index in [0.29, 0.717) is 13.0 Å². The zero-order valence-electron chi connectivity index (χ0n) is 12.1. The third-order valence-corrected chi connectivity index (χ3v) is 4.34. The second-order valence-electron chi connectivity index (χ2n) is 5.96. The lowest BCUT2D eigenvalue weighted by atomic mass is 9.74. The van der Waals surface area contributed by atoms with Gasteiger partial charge in [0.25, 0.3) is 0 Å². The first-order chi connectivity index (χ1) is 9.59. The number of phenolic OH excluding ortho intramolecular Hbond substituents is 1. The smallest absolute Gasteiger partial charge is 0.115 e. The number of hydrogen-bond acceptors (Lipinski definition) is 4. The molecule has 1 aliphatic rings. The summed E-state index contributed by atoms with van der Waals surface area (Å²) in [5.41, 5.74) is 0.661. The third-order valence-electron chi connectivity index (χ3n) is 4.34. The highest BCUT2D eigenvalue weighted by Gasteiger charge is 2.41. The number of aliphatic hydroxyl groups excluding tert-OH is 2. The van der Waals surface area contributed by atoms with Crippen molar-refractivity contribution in [2.75, 3.05) is 19.7 Å². The van der Waals surface area contributed by atoms with Gasteiger partial charge < -0.3 is 15.3 Å². The third kappa shape index (κ3) is 3.32. The number of likely N-dealkylation sites (tertiary alicyclic amines) is 1. The van der Waals surface area contributed by atoms with Crippen LogP contribution < -0.4 is 0 Å². The molecule has 1 fully saturated rings. The molecule has 1 saturated heterocycles. The van der Waals surface area contributed by atoms with Crippen LogP contribution in [0.25, 0.3) is 0 Å². The highest BCUT2D eigenvalue weighted by atomic mass is 16.3. The van der Waals surface area contributed by atoms with Crippen molar-refractivity contribution in [2.45, 2.75) is 38.8 Å².